The predicted molar refractivity (Wildman–Crippen MR) is 184 cm³/mol. The summed E-state index contributed by atoms with van der Waals surface area (Å²) in [5.74, 6) is 1.66. The second kappa shape index (κ2) is 14.3. The molecule has 256 valence electrons. The summed E-state index contributed by atoms with van der Waals surface area (Å²) < 4.78 is 12.6. The molecule has 12 nitrogen and oxygen atoms in total. The average molecular weight is 657 g/mol. The van der Waals surface area contributed by atoms with Crippen LogP contribution in [0.5, 0.6) is 6.01 Å². The van der Waals surface area contributed by atoms with Crippen LogP contribution >= 0.6 is 0 Å². The number of methoxy groups -OCH3 is 1. The van der Waals surface area contributed by atoms with Gasteiger partial charge >= 0.3 is 12.1 Å². The number of rotatable bonds is 10. The number of aromatic nitrogens is 7. The first-order valence-electron chi connectivity index (χ1n) is 16.6. The summed E-state index contributed by atoms with van der Waals surface area (Å²) in [6.45, 7) is 13.8. The van der Waals surface area contributed by atoms with E-state index in [2.05, 4.69) is 49.6 Å². The minimum absolute atomic E-state index is 0.113. The minimum Gasteiger partial charge on any atom is -0.467 e. The van der Waals surface area contributed by atoms with Crippen LogP contribution in [0.4, 0.5) is 10.6 Å². The van der Waals surface area contributed by atoms with Gasteiger partial charge in [-0.3, -0.25) is 9.58 Å². The summed E-state index contributed by atoms with van der Waals surface area (Å²) in [6, 6.07) is 6.16. The fourth-order valence-corrected chi connectivity index (χ4v) is 5.89. The van der Waals surface area contributed by atoms with Crippen LogP contribution in [0.25, 0.3) is 22.5 Å². The zero-order valence-electron chi connectivity index (χ0n) is 29.3. The molecule has 12 heteroatoms. The Labute approximate surface area is 283 Å². The Balaban J connectivity index is 1.32. The van der Waals surface area contributed by atoms with E-state index in [9.17, 15) is 9.90 Å². The molecule has 0 aliphatic heterocycles. The Kier molecular flexibility index (Phi) is 10.4. The van der Waals surface area contributed by atoms with E-state index in [1.54, 1.807) is 37.3 Å². The molecule has 0 spiro atoms. The smallest absolute Gasteiger partial charge is 0.415 e. The van der Waals surface area contributed by atoms with Crippen molar-refractivity contribution in [1.29, 1.82) is 0 Å². The van der Waals surface area contributed by atoms with Crippen LogP contribution in [-0.4, -0.2) is 71.3 Å². The maximum atomic E-state index is 13.5. The van der Waals surface area contributed by atoms with Gasteiger partial charge in [0.2, 0.25) is 0 Å². The van der Waals surface area contributed by atoms with E-state index in [-0.39, 0.29) is 30.1 Å². The number of ether oxygens (including phenoxy) is 2. The van der Waals surface area contributed by atoms with E-state index in [0.29, 0.717) is 11.7 Å². The van der Waals surface area contributed by atoms with Gasteiger partial charge in [0.25, 0.3) is 0 Å². The van der Waals surface area contributed by atoms with E-state index in [4.69, 9.17) is 24.5 Å². The number of hydrogen-bond donors (Lipinski definition) is 1. The van der Waals surface area contributed by atoms with Gasteiger partial charge in [0.15, 0.2) is 0 Å². The predicted octanol–water partition coefficient (Wildman–Crippen LogP) is 6.59. The van der Waals surface area contributed by atoms with Gasteiger partial charge in [-0.2, -0.15) is 5.10 Å². The molecule has 5 rings (SSSR count). The fraction of sp³-hybridized carbons (Fsp3) is 0.528. The number of nitrogens with zero attached hydrogens (tertiary/aromatic N) is 8. The lowest BCUT2D eigenvalue weighted by molar-refractivity contribution is 0.00800. The molecule has 1 aliphatic rings. The summed E-state index contributed by atoms with van der Waals surface area (Å²) in [4.78, 5) is 38.0. The van der Waals surface area contributed by atoms with Crippen LogP contribution < -0.4 is 9.64 Å². The molecule has 0 radical (unpaired) electrons. The highest BCUT2D eigenvalue weighted by molar-refractivity contribution is 5.87. The summed E-state index contributed by atoms with van der Waals surface area (Å²) in [7, 11) is 1.52. The number of pyridine rings is 1. The van der Waals surface area contributed by atoms with Gasteiger partial charge in [0, 0.05) is 66.2 Å². The zero-order valence-corrected chi connectivity index (χ0v) is 29.3. The molecular weight excluding hydrogens is 608 g/mol. The first kappa shape index (κ1) is 34.9. The SMILES string of the molecule is COc1ncc(-c2ccc(N(C(=O)OCC(C)(C)O)C3CCC(Cc4ncc(C(C)(C)C)c(-c5ccn(C(C)C)n5)n4)CC3)nc2)cn1. The Morgan fingerprint density at radius 2 is 1.65 bits per heavy atom. The number of carbonyl (C=O) groups is 1. The summed E-state index contributed by atoms with van der Waals surface area (Å²) in [5, 5.41) is 15.1. The largest absolute Gasteiger partial charge is 0.467 e. The number of carbonyl (C=O) groups excluding carboxylic acids is 1. The van der Waals surface area contributed by atoms with Crippen molar-refractivity contribution in [3.8, 4) is 28.5 Å². The van der Waals surface area contributed by atoms with Gasteiger partial charge in [-0.25, -0.2) is 29.7 Å². The highest BCUT2D eigenvalue weighted by atomic mass is 16.6. The highest BCUT2D eigenvalue weighted by Gasteiger charge is 2.33. The summed E-state index contributed by atoms with van der Waals surface area (Å²) in [6.07, 6.45) is 12.5. The average Bonchev–Trinajstić information content (AvgIpc) is 3.55. The molecular formula is C36H48N8O4. The van der Waals surface area contributed by atoms with Crippen molar-refractivity contribution in [2.75, 3.05) is 18.6 Å². The summed E-state index contributed by atoms with van der Waals surface area (Å²) in [5.41, 5.74) is 3.12. The molecule has 0 atom stereocenters. The van der Waals surface area contributed by atoms with E-state index >= 15 is 0 Å². The van der Waals surface area contributed by atoms with Crippen LogP contribution in [0.3, 0.4) is 0 Å². The molecule has 0 aromatic carbocycles. The van der Waals surface area contributed by atoms with Crippen LogP contribution in [-0.2, 0) is 16.6 Å². The third kappa shape index (κ3) is 8.52. The van der Waals surface area contributed by atoms with Crippen molar-refractivity contribution in [2.24, 2.45) is 5.92 Å². The lowest BCUT2D eigenvalue weighted by Gasteiger charge is -2.36. The quantitative estimate of drug-likeness (QED) is 0.199. The van der Waals surface area contributed by atoms with Crippen molar-refractivity contribution in [2.45, 2.75) is 104 Å². The standard InChI is InChI=1S/C36H48N8O4/c1-23(2)43-16-15-29(42-43)32-28(35(3,4)5)21-37-30(41-32)17-24-9-12-27(13-10-24)44(34(45)48-22-36(6,7)46)31-14-11-25(18-38-31)26-19-39-33(47-8)40-20-26/h11,14-16,18-21,23-24,27,46H,9-10,12-13,17,22H2,1-8H3. The molecule has 1 aliphatic carbocycles. The normalized spacial score (nSPS) is 17.0. The van der Waals surface area contributed by atoms with Gasteiger partial charge in [0.1, 0.15) is 23.9 Å². The third-order valence-corrected chi connectivity index (χ3v) is 8.56. The van der Waals surface area contributed by atoms with Crippen molar-refractivity contribution in [1.82, 2.24) is 34.7 Å². The molecule has 4 aromatic heterocycles. The van der Waals surface area contributed by atoms with Gasteiger partial charge < -0.3 is 14.6 Å². The molecule has 1 amide bonds. The molecule has 1 N–H and O–H groups in total. The van der Waals surface area contributed by atoms with Crippen molar-refractivity contribution in [3.05, 3.63) is 60.6 Å². The number of hydrogen-bond acceptors (Lipinski definition) is 10. The van der Waals surface area contributed by atoms with Crippen LogP contribution in [0, 0.1) is 5.92 Å². The van der Waals surface area contributed by atoms with E-state index in [0.717, 1.165) is 66.0 Å². The molecule has 0 bridgehead atoms. The molecule has 1 saturated carbocycles. The minimum atomic E-state index is -1.15. The molecule has 0 saturated heterocycles. The second-order valence-electron chi connectivity index (χ2n) is 14.6. The van der Waals surface area contributed by atoms with E-state index in [1.807, 2.05) is 35.3 Å². The maximum Gasteiger partial charge on any atom is 0.415 e. The fourth-order valence-electron chi connectivity index (χ4n) is 5.89. The van der Waals surface area contributed by atoms with Crippen LogP contribution in [0.2, 0.25) is 0 Å². The first-order valence-corrected chi connectivity index (χ1v) is 16.6. The number of aliphatic hydroxyl groups is 1. The lowest BCUT2D eigenvalue weighted by atomic mass is 9.83. The second-order valence-corrected chi connectivity index (χ2v) is 14.6. The number of anilines is 1. The lowest BCUT2D eigenvalue weighted by Crippen LogP contribution is -2.45. The van der Waals surface area contributed by atoms with E-state index < -0.39 is 11.7 Å². The van der Waals surface area contributed by atoms with Crippen LogP contribution in [0.1, 0.15) is 91.6 Å². The maximum absolute atomic E-state index is 13.5. The molecule has 4 aromatic rings. The Bertz CT molecular complexity index is 1670. The summed E-state index contributed by atoms with van der Waals surface area (Å²) >= 11 is 0. The topological polar surface area (TPSA) is 141 Å². The van der Waals surface area contributed by atoms with Crippen molar-refractivity contribution in [3.63, 3.8) is 0 Å². The van der Waals surface area contributed by atoms with E-state index in [1.165, 1.54) is 7.11 Å². The van der Waals surface area contributed by atoms with Crippen LogP contribution in [0.15, 0.2) is 49.2 Å². The van der Waals surface area contributed by atoms with Gasteiger partial charge in [-0.15, -0.1) is 0 Å². The van der Waals surface area contributed by atoms with Crippen molar-refractivity contribution < 1.29 is 19.4 Å². The molecule has 0 unspecified atom stereocenters. The monoisotopic (exact) mass is 656 g/mol. The molecule has 4 heterocycles. The van der Waals surface area contributed by atoms with Crippen molar-refractivity contribution >= 4 is 11.9 Å². The number of amides is 1. The third-order valence-electron chi connectivity index (χ3n) is 8.56. The van der Waals surface area contributed by atoms with Gasteiger partial charge in [-0.05, 0) is 82.9 Å². The molecule has 1 fully saturated rings. The highest BCUT2D eigenvalue weighted by Crippen LogP contribution is 2.35. The first-order chi connectivity index (χ1) is 22.7. The molecule has 48 heavy (non-hydrogen) atoms. The van der Waals surface area contributed by atoms with Gasteiger partial charge in [-0.1, -0.05) is 20.8 Å². The Morgan fingerprint density at radius 1 is 0.958 bits per heavy atom. The zero-order chi connectivity index (χ0) is 34.6. The Morgan fingerprint density at radius 3 is 2.21 bits per heavy atom. The van der Waals surface area contributed by atoms with Gasteiger partial charge in [0.05, 0.1) is 18.4 Å². The Hall–Kier alpha value is -4.45.